The second-order valence-corrected chi connectivity index (χ2v) is 9.23. The van der Waals surface area contributed by atoms with Crippen LogP contribution >= 0.6 is 0 Å². The summed E-state index contributed by atoms with van der Waals surface area (Å²) in [5.74, 6) is -0.698. The molecule has 0 saturated carbocycles. The first-order valence-corrected chi connectivity index (χ1v) is 10.1. The van der Waals surface area contributed by atoms with Crippen LogP contribution in [0.25, 0.3) is 0 Å². The van der Waals surface area contributed by atoms with Crippen molar-refractivity contribution < 1.29 is 22.3 Å². The number of benzene rings is 1. The molecule has 8 heteroatoms. The van der Waals surface area contributed by atoms with Gasteiger partial charge in [0, 0.05) is 12.1 Å². The van der Waals surface area contributed by atoms with Crippen LogP contribution in [0.5, 0.6) is 0 Å². The minimum absolute atomic E-state index is 0.0601. The maximum Gasteiger partial charge on any atom is 0.254 e. The quantitative estimate of drug-likeness (QED) is 0.784. The topological polar surface area (TPSA) is 66.9 Å². The highest BCUT2D eigenvalue weighted by atomic mass is 32.2. The van der Waals surface area contributed by atoms with Crippen LogP contribution in [0, 0.1) is 5.82 Å². The third-order valence-corrected chi connectivity index (χ3v) is 7.17. The van der Waals surface area contributed by atoms with Crippen LogP contribution in [-0.4, -0.2) is 80.6 Å². The first-order chi connectivity index (χ1) is 11.7. The van der Waals surface area contributed by atoms with Gasteiger partial charge in [0.2, 0.25) is 0 Å². The summed E-state index contributed by atoms with van der Waals surface area (Å²) in [6, 6.07) is 5.33. The molecule has 138 valence electrons. The third-order valence-electron chi connectivity index (χ3n) is 4.94. The smallest absolute Gasteiger partial charge is 0.254 e. The van der Waals surface area contributed by atoms with Crippen molar-refractivity contribution in [1.29, 1.82) is 0 Å². The van der Waals surface area contributed by atoms with Crippen LogP contribution in [0.2, 0.25) is 0 Å². The molecule has 3 rings (SSSR count). The Balaban J connectivity index is 1.62. The zero-order valence-corrected chi connectivity index (χ0v) is 15.3. The number of rotatable bonds is 4. The third kappa shape index (κ3) is 3.70. The van der Waals surface area contributed by atoms with E-state index < -0.39 is 26.5 Å². The Morgan fingerprint density at radius 2 is 2.00 bits per heavy atom. The molecule has 2 saturated heterocycles. The van der Waals surface area contributed by atoms with Crippen molar-refractivity contribution in [2.75, 3.05) is 45.6 Å². The summed E-state index contributed by atoms with van der Waals surface area (Å²) in [4.78, 5) is 15.9. The van der Waals surface area contributed by atoms with Crippen molar-refractivity contribution in [3.63, 3.8) is 0 Å². The van der Waals surface area contributed by atoms with E-state index in [0.29, 0.717) is 12.1 Å². The largest absolute Gasteiger partial charge is 0.369 e. The van der Waals surface area contributed by atoms with Crippen LogP contribution < -0.4 is 0 Å². The van der Waals surface area contributed by atoms with E-state index in [2.05, 4.69) is 0 Å². The van der Waals surface area contributed by atoms with Crippen molar-refractivity contribution in [3.8, 4) is 0 Å². The van der Waals surface area contributed by atoms with E-state index in [4.69, 9.17) is 4.74 Å². The average Bonchev–Trinajstić information content (AvgIpc) is 2.54. The number of carbonyl (C=O) groups is 1. The molecule has 0 radical (unpaired) electrons. The first kappa shape index (κ1) is 18.3. The number of amides is 1. The fourth-order valence-electron chi connectivity index (χ4n) is 3.29. The predicted octanol–water partition coefficient (Wildman–Crippen LogP) is 0.786. The van der Waals surface area contributed by atoms with Crippen LogP contribution in [-0.2, 0) is 14.6 Å². The molecule has 2 aliphatic rings. The molecule has 1 aromatic rings. The average molecular weight is 370 g/mol. The van der Waals surface area contributed by atoms with E-state index >= 15 is 0 Å². The standard InChI is InChI=1S/C17H23FN2O4S/c1-3-19(2)8-15-9-24-17(12-25(15,22)23)10-20(11-17)16(21)13-4-6-14(18)7-5-13/h4-7,15H,3,8-12H2,1-2H3/t15-/m0/s1. The van der Waals surface area contributed by atoms with Crippen molar-refractivity contribution in [2.24, 2.45) is 0 Å². The molecule has 2 aliphatic heterocycles. The summed E-state index contributed by atoms with van der Waals surface area (Å²) >= 11 is 0. The van der Waals surface area contributed by atoms with Gasteiger partial charge in [-0.1, -0.05) is 6.92 Å². The van der Waals surface area contributed by atoms with Crippen LogP contribution in [0.3, 0.4) is 0 Å². The second-order valence-electron chi connectivity index (χ2n) is 6.95. The molecule has 2 heterocycles. The van der Waals surface area contributed by atoms with Gasteiger partial charge in [0.15, 0.2) is 9.84 Å². The highest BCUT2D eigenvalue weighted by Gasteiger charge is 2.53. The van der Waals surface area contributed by atoms with Gasteiger partial charge >= 0.3 is 0 Å². The fraction of sp³-hybridized carbons (Fsp3) is 0.588. The molecule has 0 unspecified atom stereocenters. The molecule has 0 aromatic heterocycles. The number of likely N-dealkylation sites (tertiary alicyclic amines) is 1. The Hall–Kier alpha value is -1.51. The Bertz CT molecular complexity index is 744. The van der Waals surface area contributed by atoms with Gasteiger partial charge in [-0.3, -0.25) is 4.79 Å². The Morgan fingerprint density at radius 3 is 2.56 bits per heavy atom. The zero-order valence-electron chi connectivity index (χ0n) is 14.4. The van der Waals surface area contributed by atoms with E-state index in [1.807, 2.05) is 18.9 Å². The Labute approximate surface area is 147 Å². The van der Waals surface area contributed by atoms with E-state index in [1.165, 1.54) is 24.3 Å². The molecule has 1 spiro atoms. The van der Waals surface area contributed by atoms with Gasteiger partial charge in [-0.2, -0.15) is 0 Å². The summed E-state index contributed by atoms with van der Waals surface area (Å²) in [5.41, 5.74) is -0.409. The minimum Gasteiger partial charge on any atom is -0.369 e. The highest BCUT2D eigenvalue weighted by molar-refractivity contribution is 7.92. The predicted molar refractivity (Wildman–Crippen MR) is 91.7 cm³/mol. The molecule has 1 amide bonds. The lowest BCUT2D eigenvalue weighted by atomic mass is 9.94. The lowest BCUT2D eigenvalue weighted by Gasteiger charge is -2.52. The van der Waals surface area contributed by atoms with Gasteiger partial charge in [-0.15, -0.1) is 0 Å². The SMILES string of the molecule is CCN(C)C[C@H]1COC2(CN(C(=O)c3ccc(F)cc3)C2)CS1(=O)=O. The summed E-state index contributed by atoms with van der Waals surface area (Å²) in [6.07, 6.45) is 0. The molecule has 0 bridgehead atoms. The summed E-state index contributed by atoms with van der Waals surface area (Å²) < 4.78 is 44.0. The normalized spacial score (nSPS) is 24.3. The van der Waals surface area contributed by atoms with Crippen LogP contribution in [0.4, 0.5) is 4.39 Å². The van der Waals surface area contributed by atoms with Crippen molar-refractivity contribution in [1.82, 2.24) is 9.80 Å². The second kappa shape index (κ2) is 6.66. The molecular weight excluding hydrogens is 347 g/mol. The highest BCUT2D eigenvalue weighted by Crippen LogP contribution is 2.33. The van der Waals surface area contributed by atoms with Crippen molar-refractivity contribution in [3.05, 3.63) is 35.6 Å². The molecule has 25 heavy (non-hydrogen) atoms. The molecule has 6 nitrogen and oxygen atoms in total. The van der Waals surface area contributed by atoms with Gasteiger partial charge in [0.25, 0.3) is 5.91 Å². The summed E-state index contributed by atoms with van der Waals surface area (Å²) in [7, 11) is -1.39. The Morgan fingerprint density at radius 1 is 1.36 bits per heavy atom. The number of ether oxygens (including phenoxy) is 1. The van der Waals surface area contributed by atoms with E-state index in [1.54, 1.807) is 4.90 Å². The van der Waals surface area contributed by atoms with Gasteiger partial charge < -0.3 is 14.5 Å². The maximum atomic E-state index is 13.0. The van der Waals surface area contributed by atoms with Gasteiger partial charge in [0.1, 0.15) is 11.4 Å². The van der Waals surface area contributed by atoms with Crippen LogP contribution in [0.1, 0.15) is 17.3 Å². The number of hydrogen-bond acceptors (Lipinski definition) is 5. The first-order valence-electron chi connectivity index (χ1n) is 8.33. The molecular formula is C17H23FN2O4S. The molecule has 0 N–H and O–H groups in total. The van der Waals surface area contributed by atoms with Crippen molar-refractivity contribution >= 4 is 15.7 Å². The number of halogens is 1. The maximum absolute atomic E-state index is 13.0. The number of carbonyl (C=O) groups excluding carboxylic acids is 1. The lowest BCUT2D eigenvalue weighted by Crippen LogP contribution is -2.71. The molecule has 0 aliphatic carbocycles. The van der Waals surface area contributed by atoms with Crippen molar-refractivity contribution in [2.45, 2.75) is 17.8 Å². The van der Waals surface area contributed by atoms with E-state index in [-0.39, 0.29) is 31.4 Å². The van der Waals surface area contributed by atoms with Gasteiger partial charge in [-0.25, -0.2) is 12.8 Å². The van der Waals surface area contributed by atoms with E-state index in [0.717, 1.165) is 6.54 Å². The number of sulfone groups is 1. The number of nitrogens with zero attached hydrogens (tertiary/aromatic N) is 2. The lowest BCUT2D eigenvalue weighted by molar-refractivity contribution is -0.121. The monoisotopic (exact) mass is 370 g/mol. The van der Waals surface area contributed by atoms with Gasteiger partial charge in [-0.05, 0) is 37.9 Å². The molecule has 2 fully saturated rings. The van der Waals surface area contributed by atoms with Crippen LogP contribution in [0.15, 0.2) is 24.3 Å². The Kier molecular flexibility index (Phi) is 4.87. The number of hydrogen-bond donors (Lipinski definition) is 0. The molecule has 1 atom stereocenters. The zero-order chi connectivity index (χ0) is 18.2. The van der Waals surface area contributed by atoms with E-state index in [9.17, 15) is 17.6 Å². The minimum atomic E-state index is -3.27. The fourth-order valence-corrected chi connectivity index (χ4v) is 5.29. The summed E-state index contributed by atoms with van der Waals surface area (Å²) in [6.45, 7) is 3.86. The molecule has 1 aromatic carbocycles. The summed E-state index contributed by atoms with van der Waals surface area (Å²) in [5, 5.41) is -0.523. The van der Waals surface area contributed by atoms with Gasteiger partial charge in [0.05, 0.1) is 30.7 Å².